The summed E-state index contributed by atoms with van der Waals surface area (Å²) in [7, 11) is 0. The van der Waals surface area contributed by atoms with Crippen LogP contribution in [0.4, 0.5) is 23.7 Å². The van der Waals surface area contributed by atoms with Crippen LogP contribution in [0.15, 0.2) is 35.5 Å². The van der Waals surface area contributed by atoms with Gasteiger partial charge in [-0.15, -0.1) is 0 Å². The van der Waals surface area contributed by atoms with Gasteiger partial charge in [-0.25, -0.2) is 22.9 Å². The number of hydrogen-bond donors (Lipinski definition) is 2. The van der Waals surface area contributed by atoms with E-state index in [1.165, 1.54) is 12.3 Å². The molecule has 1 unspecified atom stereocenters. The quantitative estimate of drug-likeness (QED) is 0.585. The number of primary amides is 1. The number of aryl methyl sites for hydroxylation is 1. The molecule has 2 atom stereocenters. The number of fused-ring (bicyclic) bond motifs is 1. The average molecular weight is 462 g/mol. The average Bonchev–Trinajstić information content (AvgIpc) is 3.37. The Balaban J connectivity index is 1.37. The van der Waals surface area contributed by atoms with E-state index < -0.39 is 23.7 Å². The molecule has 1 aliphatic heterocycles. The number of alkyl halides is 2. The molecular formula is C23H25F3N4O3. The molecule has 1 aliphatic carbocycles. The molecular weight excluding hydrogens is 437 g/mol. The molecule has 0 radical (unpaired) electrons. The lowest BCUT2D eigenvalue weighted by molar-refractivity contribution is 0.0930. The molecule has 3 N–H and O–H groups in total. The van der Waals surface area contributed by atoms with Crippen LogP contribution >= 0.6 is 0 Å². The van der Waals surface area contributed by atoms with E-state index in [4.69, 9.17) is 15.2 Å². The summed E-state index contributed by atoms with van der Waals surface area (Å²) < 4.78 is 51.7. The fourth-order valence-electron chi connectivity index (χ4n) is 3.71. The van der Waals surface area contributed by atoms with Crippen LogP contribution in [0, 0.1) is 11.7 Å². The van der Waals surface area contributed by atoms with Gasteiger partial charge in [-0.05, 0) is 49.9 Å². The summed E-state index contributed by atoms with van der Waals surface area (Å²) in [4.78, 5) is 19.6. The first kappa shape index (κ1) is 22.9. The third-order valence-corrected chi connectivity index (χ3v) is 5.61. The van der Waals surface area contributed by atoms with Gasteiger partial charge in [0.25, 0.3) is 5.92 Å². The first-order valence-electron chi connectivity index (χ1n) is 10.8. The van der Waals surface area contributed by atoms with Gasteiger partial charge in [0, 0.05) is 18.4 Å². The Morgan fingerprint density at radius 3 is 2.76 bits per heavy atom. The maximum absolute atomic E-state index is 14.7. The Morgan fingerprint density at radius 1 is 1.27 bits per heavy atom. The topological polar surface area (TPSA) is 98.8 Å². The summed E-state index contributed by atoms with van der Waals surface area (Å²) in [6.07, 6.45) is 2.81. The molecule has 1 saturated carbocycles. The number of nitrogens with two attached hydrogens (primary N) is 1. The Labute approximate surface area is 189 Å². The number of benzene rings is 1. The van der Waals surface area contributed by atoms with Crippen molar-refractivity contribution >= 4 is 17.4 Å². The predicted octanol–water partition coefficient (Wildman–Crippen LogP) is 4.15. The van der Waals surface area contributed by atoms with Crippen molar-refractivity contribution in [1.82, 2.24) is 10.3 Å². The van der Waals surface area contributed by atoms with Gasteiger partial charge in [0.1, 0.15) is 23.8 Å². The Morgan fingerprint density at radius 2 is 2.06 bits per heavy atom. The van der Waals surface area contributed by atoms with Crippen LogP contribution in [-0.4, -0.2) is 41.9 Å². The highest BCUT2D eigenvalue weighted by molar-refractivity contribution is 6.02. The molecule has 2 aliphatic rings. The number of amides is 2. The van der Waals surface area contributed by atoms with Crippen molar-refractivity contribution in [2.75, 3.05) is 13.2 Å². The van der Waals surface area contributed by atoms with E-state index in [0.29, 0.717) is 36.4 Å². The number of carbonyl (C=O) groups is 1. The van der Waals surface area contributed by atoms with Crippen molar-refractivity contribution in [3.05, 3.63) is 47.5 Å². The van der Waals surface area contributed by atoms with Crippen LogP contribution in [0.1, 0.15) is 37.4 Å². The highest BCUT2D eigenvalue weighted by Gasteiger charge is 2.56. The fraction of sp³-hybridized carbons (Fsp3) is 0.435. The third-order valence-electron chi connectivity index (χ3n) is 5.61. The number of pyridine rings is 1. The molecule has 1 aromatic heterocycles. The zero-order valence-corrected chi connectivity index (χ0v) is 18.1. The molecule has 10 heteroatoms. The Kier molecular flexibility index (Phi) is 6.44. The normalized spacial score (nSPS) is 19.2. The summed E-state index contributed by atoms with van der Waals surface area (Å²) in [5.74, 6) is -2.81. The van der Waals surface area contributed by atoms with Gasteiger partial charge in [0.2, 0.25) is 0 Å². The van der Waals surface area contributed by atoms with E-state index in [1.807, 2.05) is 6.07 Å². The number of aliphatic imine (C=N–C) groups is 1. The standard InChI is InChI=1S/C23H25F3N4O3/c1-13(29-22(27)31)12-33-17-9-18(24)21(28-11-17)20-4-2-14-8-16(3-5-19(14)30-20)32-7-6-15-10-23(15,25)26/h3,5,8-9,11,13,15H,2,4,6-7,10,12H2,1H3,(H3,27,29,31)/t13-,15?/m0/s1. The zero-order valence-electron chi connectivity index (χ0n) is 18.1. The molecule has 0 bridgehead atoms. The minimum atomic E-state index is -2.53. The van der Waals surface area contributed by atoms with E-state index in [2.05, 4.69) is 15.3 Å². The number of nitrogens with one attached hydrogen (secondary N) is 1. The second-order valence-electron chi connectivity index (χ2n) is 8.37. The molecule has 7 nitrogen and oxygen atoms in total. The van der Waals surface area contributed by atoms with Crippen molar-refractivity contribution in [2.45, 2.75) is 44.6 Å². The monoisotopic (exact) mass is 462 g/mol. The van der Waals surface area contributed by atoms with E-state index in [9.17, 15) is 18.0 Å². The van der Waals surface area contributed by atoms with Gasteiger partial charge < -0.3 is 20.5 Å². The zero-order chi connectivity index (χ0) is 23.6. The van der Waals surface area contributed by atoms with Crippen molar-refractivity contribution in [3.8, 4) is 11.5 Å². The lowest BCUT2D eigenvalue weighted by atomic mass is 9.99. The highest BCUT2D eigenvalue weighted by atomic mass is 19.3. The highest BCUT2D eigenvalue weighted by Crippen LogP contribution is 2.50. The van der Waals surface area contributed by atoms with E-state index in [1.54, 1.807) is 19.1 Å². The molecule has 1 fully saturated rings. The smallest absolute Gasteiger partial charge is 0.312 e. The lowest BCUT2D eigenvalue weighted by Gasteiger charge is -2.17. The van der Waals surface area contributed by atoms with Crippen molar-refractivity contribution in [2.24, 2.45) is 16.6 Å². The number of halogens is 3. The molecule has 33 heavy (non-hydrogen) atoms. The number of rotatable bonds is 9. The van der Waals surface area contributed by atoms with E-state index in [0.717, 1.165) is 5.56 Å². The van der Waals surface area contributed by atoms with E-state index >= 15 is 0 Å². The van der Waals surface area contributed by atoms with E-state index in [-0.39, 0.29) is 37.1 Å². The number of aromatic nitrogens is 1. The molecule has 1 aromatic carbocycles. The Hall–Kier alpha value is -3.30. The number of urea groups is 1. The molecule has 0 saturated heterocycles. The van der Waals surface area contributed by atoms with Crippen LogP contribution in [0.5, 0.6) is 11.5 Å². The summed E-state index contributed by atoms with van der Waals surface area (Å²) in [6.45, 7) is 2.07. The first-order valence-corrected chi connectivity index (χ1v) is 10.8. The largest absolute Gasteiger partial charge is 0.494 e. The van der Waals surface area contributed by atoms with Gasteiger partial charge in [-0.3, -0.25) is 4.99 Å². The maximum atomic E-state index is 14.7. The fourth-order valence-corrected chi connectivity index (χ4v) is 3.71. The number of hydrogen-bond acceptors (Lipinski definition) is 5. The minimum absolute atomic E-state index is 0.0542. The summed E-state index contributed by atoms with van der Waals surface area (Å²) >= 11 is 0. The van der Waals surface area contributed by atoms with Crippen LogP contribution < -0.4 is 20.5 Å². The maximum Gasteiger partial charge on any atom is 0.312 e. The molecule has 4 rings (SSSR count). The Bertz CT molecular complexity index is 1080. The van der Waals surface area contributed by atoms with Crippen LogP contribution in [0.25, 0.3) is 0 Å². The second kappa shape index (κ2) is 9.29. The second-order valence-corrected chi connectivity index (χ2v) is 8.37. The number of nitrogens with zero attached hydrogens (tertiary/aromatic N) is 2. The SMILES string of the molecule is C[C@@H](COc1cnc(C2=Nc3ccc(OCCC4CC4(F)F)cc3CC2)c(F)c1)NC(N)=O. The predicted molar refractivity (Wildman–Crippen MR) is 116 cm³/mol. The minimum Gasteiger partial charge on any atom is -0.494 e. The van der Waals surface area contributed by atoms with Gasteiger partial charge in [-0.2, -0.15) is 0 Å². The van der Waals surface area contributed by atoms with Crippen molar-refractivity contribution in [1.29, 1.82) is 0 Å². The van der Waals surface area contributed by atoms with Crippen molar-refractivity contribution < 1.29 is 27.4 Å². The van der Waals surface area contributed by atoms with Crippen molar-refractivity contribution in [3.63, 3.8) is 0 Å². The first-order chi connectivity index (χ1) is 15.7. The summed E-state index contributed by atoms with van der Waals surface area (Å²) in [6, 6.07) is 5.59. The summed E-state index contributed by atoms with van der Waals surface area (Å²) in [5.41, 5.74) is 7.38. The molecule has 0 spiro atoms. The van der Waals surface area contributed by atoms with Crippen LogP contribution in [-0.2, 0) is 6.42 Å². The molecule has 2 amide bonds. The summed E-state index contributed by atoms with van der Waals surface area (Å²) in [5, 5.41) is 2.47. The molecule has 2 heterocycles. The number of ether oxygens (including phenoxy) is 2. The van der Waals surface area contributed by atoms with Crippen LogP contribution in [0.3, 0.4) is 0 Å². The van der Waals surface area contributed by atoms with Gasteiger partial charge in [-0.1, -0.05) is 0 Å². The van der Waals surface area contributed by atoms with Gasteiger partial charge >= 0.3 is 6.03 Å². The molecule has 176 valence electrons. The lowest BCUT2D eigenvalue weighted by Crippen LogP contribution is -2.40. The third kappa shape index (κ3) is 5.74. The van der Waals surface area contributed by atoms with Gasteiger partial charge in [0.15, 0.2) is 5.82 Å². The van der Waals surface area contributed by atoms with Gasteiger partial charge in [0.05, 0.1) is 30.2 Å². The number of carbonyl (C=O) groups excluding carboxylic acids is 1. The molecule has 2 aromatic rings. The van der Waals surface area contributed by atoms with Crippen LogP contribution in [0.2, 0.25) is 0 Å².